The van der Waals surface area contributed by atoms with Crippen LogP contribution in [0.5, 0.6) is 5.75 Å². The van der Waals surface area contributed by atoms with Gasteiger partial charge in [-0.1, -0.05) is 25.1 Å². The van der Waals surface area contributed by atoms with Gasteiger partial charge in [0, 0.05) is 29.2 Å². The SMILES string of the molecule is CCc1ncc(CN[C@H](C)c2ccccc2OC)s1. The molecule has 0 unspecified atom stereocenters. The third-order valence-electron chi connectivity index (χ3n) is 3.09. The van der Waals surface area contributed by atoms with E-state index in [1.165, 1.54) is 15.4 Å². The number of thiazole rings is 1. The van der Waals surface area contributed by atoms with Crippen molar-refractivity contribution in [3.8, 4) is 5.75 Å². The zero-order valence-corrected chi connectivity index (χ0v) is 12.5. The highest BCUT2D eigenvalue weighted by atomic mass is 32.1. The third kappa shape index (κ3) is 3.55. The van der Waals surface area contributed by atoms with E-state index in [0.717, 1.165) is 18.7 Å². The number of nitrogens with zero attached hydrogens (tertiary/aromatic N) is 1. The standard InChI is InChI=1S/C15H20N2OS/c1-4-15-17-10-12(19-15)9-16-11(2)13-7-5-6-8-14(13)18-3/h5-8,10-11,16H,4,9H2,1-3H3/t11-/m1/s1. The molecule has 1 heterocycles. The maximum atomic E-state index is 5.39. The van der Waals surface area contributed by atoms with E-state index in [9.17, 15) is 0 Å². The zero-order valence-electron chi connectivity index (χ0n) is 11.6. The van der Waals surface area contributed by atoms with Gasteiger partial charge in [0.1, 0.15) is 5.75 Å². The Morgan fingerprint density at radius 1 is 1.37 bits per heavy atom. The summed E-state index contributed by atoms with van der Waals surface area (Å²) in [5, 5.41) is 4.71. The number of rotatable bonds is 6. The molecule has 0 saturated heterocycles. The normalized spacial score (nSPS) is 12.4. The van der Waals surface area contributed by atoms with Crippen LogP contribution >= 0.6 is 11.3 Å². The van der Waals surface area contributed by atoms with Crippen LogP contribution in [0.3, 0.4) is 0 Å². The molecule has 0 aliphatic heterocycles. The van der Waals surface area contributed by atoms with Gasteiger partial charge < -0.3 is 10.1 Å². The topological polar surface area (TPSA) is 34.2 Å². The van der Waals surface area contributed by atoms with Crippen molar-refractivity contribution in [3.05, 3.63) is 45.9 Å². The highest BCUT2D eigenvalue weighted by molar-refractivity contribution is 7.11. The van der Waals surface area contributed by atoms with Gasteiger partial charge >= 0.3 is 0 Å². The molecule has 1 N–H and O–H groups in total. The van der Waals surface area contributed by atoms with Crippen molar-refractivity contribution < 1.29 is 4.74 Å². The summed E-state index contributed by atoms with van der Waals surface area (Å²) < 4.78 is 5.39. The molecule has 0 fully saturated rings. The van der Waals surface area contributed by atoms with Gasteiger partial charge in [0.15, 0.2) is 0 Å². The summed E-state index contributed by atoms with van der Waals surface area (Å²) in [4.78, 5) is 5.65. The van der Waals surface area contributed by atoms with E-state index in [2.05, 4.69) is 30.2 Å². The number of methoxy groups -OCH3 is 1. The molecular formula is C15H20N2OS. The fraction of sp³-hybridized carbons (Fsp3) is 0.400. The highest BCUT2D eigenvalue weighted by Crippen LogP contribution is 2.25. The van der Waals surface area contributed by atoms with Crippen LogP contribution in [0.25, 0.3) is 0 Å². The minimum Gasteiger partial charge on any atom is -0.496 e. The van der Waals surface area contributed by atoms with Crippen molar-refractivity contribution in [2.45, 2.75) is 32.9 Å². The van der Waals surface area contributed by atoms with Crippen molar-refractivity contribution in [2.75, 3.05) is 7.11 Å². The van der Waals surface area contributed by atoms with Crippen molar-refractivity contribution in [2.24, 2.45) is 0 Å². The average Bonchev–Trinajstić information content (AvgIpc) is 2.92. The van der Waals surface area contributed by atoms with Crippen molar-refractivity contribution >= 4 is 11.3 Å². The van der Waals surface area contributed by atoms with Gasteiger partial charge in [-0.05, 0) is 19.4 Å². The van der Waals surface area contributed by atoms with E-state index in [4.69, 9.17) is 4.74 Å². The second-order valence-corrected chi connectivity index (χ2v) is 5.62. The molecule has 1 aromatic heterocycles. The summed E-state index contributed by atoms with van der Waals surface area (Å²) in [5.74, 6) is 0.932. The van der Waals surface area contributed by atoms with Gasteiger partial charge in [-0.25, -0.2) is 4.98 Å². The lowest BCUT2D eigenvalue weighted by Crippen LogP contribution is -2.18. The van der Waals surface area contributed by atoms with Gasteiger partial charge in [0.2, 0.25) is 0 Å². The monoisotopic (exact) mass is 276 g/mol. The Morgan fingerprint density at radius 2 is 2.16 bits per heavy atom. The summed E-state index contributed by atoms with van der Waals surface area (Å²) in [5.41, 5.74) is 1.19. The van der Waals surface area contributed by atoms with Gasteiger partial charge in [0.25, 0.3) is 0 Å². The number of hydrogen-bond donors (Lipinski definition) is 1. The molecule has 0 amide bonds. The van der Waals surface area contributed by atoms with Crippen LogP contribution in [-0.4, -0.2) is 12.1 Å². The van der Waals surface area contributed by atoms with Crippen molar-refractivity contribution in [1.29, 1.82) is 0 Å². The summed E-state index contributed by atoms with van der Waals surface area (Å²) in [6.07, 6.45) is 2.97. The number of nitrogens with one attached hydrogen (secondary N) is 1. The van der Waals surface area contributed by atoms with Crippen molar-refractivity contribution in [3.63, 3.8) is 0 Å². The lowest BCUT2D eigenvalue weighted by molar-refractivity contribution is 0.401. The van der Waals surface area contributed by atoms with Crippen LogP contribution < -0.4 is 10.1 Å². The Hall–Kier alpha value is -1.39. The molecule has 0 aliphatic carbocycles. The van der Waals surface area contributed by atoms with E-state index < -0.39 is 0 Å². The molecule has 4 heteroatoms. The molecular weight excluding hydrogens is 256 g/mol. The summed E-state index contributed by atoms with van der Waals surface area (Å²) >= 11 is 1.78. The Labute approximate surface area is 118 Å². The van der Waals surface area contributed by atoms with Crippen LogP contribution in [0.1, 0.15) is 35.3 Å². The number of hydrogen-bond acceptors (Lipinski definition) is 4. The first-order valence-electron chi connectivity index (χ1n) is 6.54. The molecule has 2 rings (SSSR count). The van der Waals surface area contributed by atoms with E-state index in [0.29, 0.717) is 0 Å². The fourth-order valence-corrected chi connectivity index (χ4v) is 2.79. The first-order chi connectivity index (χ1) is 9.24. The van der Waals surface area contributed by atoms with E-state index in [1.54, 1.807) is 18.4 Å². The van der Waals surface area contributed by atoms with E-state index in [1.807, 2.05) is 24.4 Å². The van der Waals surface area contributed by atoms with E-state index >= 15 is 0 Å². The van der Waals surface area contributed by atoms with Crippen molar-refractivity contribution in [1.82, 2.24) is 10.3 Å². The molecule has 3 nitrogen and oxygen atoms in total. The number of ether oxygens (including phenoxy) is 1. The average molecular weight is 276 g/mol. The van der Waals surface area contributed by atoms with E-state index in [-0.39, 0.29) is 6.04 Å². The maximum absolute atomic E-state index is 5.39. The summed E-state index contributed by atoms with van der Waals surface area (Å²) in [7, 11) is 1.71. The first-order valence-corrected chi connectivity index (χ1v) is 7.36. The summed E-state index contributed by atoms with van der Waals surface area (Å²) in [6, 6.07) is 8.38. The molecule has 0 bridgehead atoms. The number of aromatic nitrogens is 1. The lowest BCUT2D eigenvalue weighted by atomic mass is 10.1. The summed E-state index contributed by atoms with van der Waals surface area (Å²) in [6.45, 7) is 5.13. The molecule has 19 heavy (non-hydrogen) atoms. The third-order valence-corrected chi connectivity index (χ3v) is 4.23. The Kier molecular flexibility index (Phi) is 4.93. The first kappa shape index (κ1) is 14.0. The molecule has 0 saturated carbocycles. The minimum absolute atomic E-state index is 0.253. The molecule has 0 aliphatic rings. The largest absolute Gasteiger partial charge is 0.496 e. The fourth-order valence-electron chi connectivity index (χ4n) is 1.98. The molecule has 0 spiro atoms. The van der Waals surface area contributed by atoms with Gasteiger partial charge in [-0.15, -0.1) is 11.3 Å². The maximum Gasteiger partial charge on any atom is 0.123 e. The highest BCUT2D eigenvalue weighted by Gasteiger charge is 2.10. The predicted octanol–water partition coefficient (Wildman–Crippen LogP) is 3.56. The zero-order chi connectivity index (χ0) is 13.7. The molecule has 0 radical (unpaired) electrons. The van der Waals surface area contributed by atoms with Gasteiger partial charge in [0.05, 0.1) is 12.1 Å². The number of benzene rings is 1. The number of para-hydroxylation sites is 1. The van der Waals surface area contributed by atoms with Gasteiger partial charge in [-0.2, -0.15) is 0 Å². The lowest BCUT2D eigenvalue weighted by Gasteiger charge is -2.16. The Morgan fingerprint density at radius 3 is 2.84 bits per heavy atom. The van der Waals surface area contributed by atoms with Crippen LogP contribution in [0.4, 0.5) is 0 Å². The second-order valence-electron chi connectivity index (χ2n) is 4.42. The second kappa shape index (κ2) is 6.68. The Balaban J connectivity index is 1.98. The predicted molar refractivity (Wildman–Crippen MR) is 79.7 cm³/mol. The molecule has 1 aromatic carbocycles. The van der Waals surface area contributed by atoms with Crippen LogP contribution in [0.2, 0.25) is 0 Å². The molecule has 2 aromatic rings. The Bertz CT molecular complexity index is 524. The molecule has 1 atom stereocenters. The quantitative estimate of drug-likeness (QED) is 0.876. The van der Waals surface area contributed by atoms with Crippen LogP contribution in [-0.2, 0) is 13.0 Å². The molecule has 102 valence electrons. The smallest absolute Gasteiger partial charge is 0.123 e. The van der Waals surface area contributed by atoms with Gasteiger partial charge in [-0.3, -0.25) is 0 Å². The minimum atomic E-state index is 0.253. The van der Waals surface area contributed by atoms with Crippen LogP contribution in [0, 0.1) is 0 Å². The van der Waals surface area contributed by atoms with Crippen LogP contribution in [0.15, 0.2) is 30.5 Å². The number of aryl methyl sites for hydroxylation is 1.